The molecular weight excluding hydrogens is 234 g/mol. The molecule has 5 nitrogen and oxygen atoms in total. The van der Waals surface area contributed by atoms with Crippen molar-refractivity contribution in [3.8, 4) is 0 Å². The van der Waals surface area contributed by atoms with Crippen LogP contribution in [0.5, 0.6) is 0 Å². The third-order valence-electron chi connectivity index (χ3n) is 2.64. The summed E-state index contributed by atoms with van der Waals surface area (Å²) in [6.07, 6.45) is 11.2. The van der Waals surface area contributed by atoms with Crippen molar-refractivity contribution in [3.05, 3.63) is 59.9 Å². The lowest BCUT2D eigenvalue weighted by Gasteiger charge is -2.29. The summed E-state index contributed by atoms with van der Waals surface area (Å²) in [5, 5.41) is 0. The highest BCUT2D eigenvalue weighted by Gasteiger charge is 2.27. The molecule has 3 heterocycles. The Kier molecular flexibility index (Phi) is 2.37. The first-order valence-electron chi connectivity index (χ1n) is 5.42. The van der Waals surface area contributed by atoms with Gasteiger partial charge in [0.05, 0.1) is 5.70 Å². The van der Waals surface area contributed by atoms with E-state index in [4.69, 9.17) is 9.47 Å². The molecule has 0 aromatic heterocycles. The van der Waals surface area contributed by atoms with Gasteiger partial charge in [0.25, 0.3) is 0 Å². The maximum atomic E-state index is 11.5. The molecule has 0 radical (unpaired) electrons. The molecule has 0 aliphatic carbocycles. The zero-order valence-corrected chi connectivity index (χ0v) is 9.33. The smallest absolute Gasteiger partial charge is 0.336 e. The van der Waals surface area contributed by atoms with Crippen molar-refractivity contribution in [1.29, 1.82) is 0 Å². The number of carbonyl (C=O) groups excluding carboxylic acids is 2. The van der Waals surface area contributed by atoms with Crippen LogP contribution in [0, 0.1) is 0 Å². The van der Waals surface area contributed by atoms with Crippen molar-refractivity contribution in [2.24, 2.45) is 0 Å². The van der Waals surface area contributed by atoms with Gasteiger partial charge < -0.3 is 14.4 Å². The van der Waals surface area contributed by atoms with E-state index in [9.17, 15) is 9.59 Å². The third-order valence-corrected chi connectivity index (χ3v) is 2.64. The second-order valence-corrected chi connectivity index (χ2v) is 3.81. The number of nitrogens with zero attached hydrogens (tertiary/aromatic N) is 1. The average molecular weight is 243 g/mol. The van der Waals surface area contributed by atoms with E-state index >= 15 is 0 Å². The monoisotopic (exact) mass is 243 g/mol. The van der Waals surface area contributed by atoms with Crippen molar-refractivity contribution in [1.82, 2.24) is 4.90 Å². The predicted octanol–water partition coefficient (Wildman–Crippen LogP) is 1.14. The molecule has 0 spiro atoms. The van der Waals surface area contributed by atoms with Gasteiger partial charge in [-0.05, 0) is 18.2 Å². The Hall–Kier alpha value is -2.56. The van der Waals surface area contributed by atoms with Crippen LogP contribution in [0.3, 0.4) is 0 Å². The van der Waals surface area contributed by atoms with E-state index in [1.165, 1.54) is 0 Å². The number of rotatable bonds is 0. The number of allylic oxidation sites excluding steroid dienone is 3. The van der Waals surface area contributed by atoms with Gasteiger partial charge in [-0.15, -0.1) is 0 Å². The first-order chi connectivity index (χ1) is 8.74. The molecule has 3 aliphatic rings. The topological polar surface area (TPSA) is 55.8 Å². The van der Waals surface area contributed by atoms with Crippen LogP contribution >= 0.6 is 0 Å². The van der Waals surface area contributed by atoms with E-state index < -0.39 is 11.9 Å². The zero-order chi connectivity index (χ0) is 12.5. The Morgan fingerprint density at radius 2 is 1.78 bits per heavy atom. The van der Waals surface area contributed by atoms with E-state index in [-0.39, 0.29) is 11.5 Å². The summed E-state index contributed by atoms with van der Waals surface area (Å²) in [4.78, 5) is 24.7. The largest absolute Gasteiger partial charge is 0.420 e. The molecule has 0 fully saturated rings. The Morgan fingerprint density at radius 3 is 2.61 bits per heavy atom. The van der Waals surface area contributed by atoms with Gasteiger partial charge in [0.15, 0.2) is 11.5 Å². The maximum Gasteiger partial charge on any atom is 0.336 e. The molecule has 0 aromatic rings. The Morgan fingerprint density at radius 1 is 1.00 bits per heavy atom. The molecule has 3 aliphatic heterocycles. The molecule has 0 N–H and O–H groups in total. The molecule has 5 heteroatoms. The summed E-state index contributed by atoms with van der Waals surface area (Å²) in [6, 6.07) is 0. The second-order valence-electron chi connectivity index (χ2n) is 3.81. The van der Waals surface area contributed by atoms with E-state index in [1.54, 1.807) is 12.2 Å². The molecule has 0 unspecified atom stereocenters. The quantitative estimate of drug-likeness (QED) is 0.597. The van der Waals surface area contributed by atoms with Crippen molar-refractivity contribution >= 4 is 11.9 Å². The highest BCUT2D eigenvalue weighted by Crippen LogP contribution is 2.29. The van der Waals surface area contributed by atoms with Crippen LogP contribution < -0.4 is 0 Å². The van der Waals surface area contributed by atoms with Gasteiger partial charge in [0.1, 0.15) is 0 Å². The van der Waals surface area contributed by atoms with Gasteiger partial charge in [-0.25, -0.2) is 9.59 Å². The Bertz CT molecular complexity index is 578. The first-order valence-corrected chi connectivity index (χ1v) is 5.42. The second kappa shape index (κ2) is 4.03. The Balaban J connectivity index is 2.08. The minimum atomic E-state index is -0.593. The number of hydrogen-bond donors (Lipinski definition) is 0. The summed E-state index contributed by atoms with van der Waals surface area (Å²) in [5.74, 6) is -0.627. The number of esters is 2. The van der Waals surface area contributed by atoms with Crippen molar-refractivity contribution in [2.75, 3.05) is 6.54 Å². The first kappa shape index (κ1) is 10.6. The minimum Gasteiger partial charge on any atom is -0.420 e. The van der Waals surface area contributed by atoms with Gasteiger partial charge in [0.2, 0.25) is 0 Å². The maximum absolute atomic E-state index is 11.5. The third kappa shape index (κ3) is 1.75. The SMILES string of the molecule is O=C1/C=C/C(=O)OC2=C3C=CC=CN3CC=C2O1. The zero-order valence-electron chi connectivity index (χ0n) is 9.33. The number of hydrogen-bond acceptors (Lipinski definition) is 5. The fourth-order valence-electron chi connectivity index (χ4n) is 1.85. The van der Waals surface area contributed by atoms with Crippen molar-refractivity contribution in [2.45, 2.75) is 0 Å². The standard InChI is InChI=1S/C13H9NO4/c15-11-4-5-12(16)18-13-9-3-1-2-7-14(9)8-6-10(13)17-11/h1-7H,8H2/b5-4+. The van der Waals surface area contributed by atoms with Crippen LogP contribution in [-0.2, 0) is 19.1 Å². The van der Waals surface area contributed by atoms with Crippen LogP contribution in [0.25, 0.3) is 0 Å². The molecule has 3 rings (SSSR count). The molecule has 0 saturated heterocycles. The predicted molar refractivity (Wildman–Crippen MR) is 61.4 cm³/mol. The molecule has 0 atom stereocenters. The van der Waals surface area contributed by atoms with E-state index in [2.05, 4.69) is 0 Å². The molecule has 18 heavy (non-hydrogen) atoms. The van der Waals surface area contributed by atoms with E-state index in [1.807, 2.05) is 23.3 Å². The van der Waals surface area contributed by atoms with Gasteiger partial charge in [-0.1, -0.05) is 6.08 Å². The van der Waals surface area contributed by atoms with Gasteiger partial charge >= 0.3 is 11.9 Å². The summed E-state index contributed by atoms with van der Waals surface area (Å²) in [7, 11) is 0. The van der Waals surface area contributed by atoms with Crippen LogP contribution in [0.15, 0.2) is 59.9 Å². The van der Waals surface area contributed by atoms with Crippen molar-refractivity contribution in [3.63, 3.8) is 0 Å². The lowest BCUT2D eigenvalue weighted by atomic mass is 10.1. The Labute approximate surface area is 103 Å². The van der Waals surface area contributed by atoms with Crippen LogP contribution in [-0.4, -0.2) is 23.4 Å². The molecule has 90 valence electrons. The van der Waals surface area contributed by atoms with Gasteiger partial charge in [-0.2, -0.15) is 0 Å². The number of fused-ring (bicyclic) bond motifs is 2. The summed E-state index contributed by atoms with van der Waals surface area (Å²) in [6.45, 7) is 0.559. The summed E-state index contributed by atoms with van der Waals surface area (Å²) >= 11 is 0. The van der Waals surface area contributed by atoms with Crippen molar-refractivity contribution < 1.29 is 19.1 Å². The molecule has 0 amide bonds. The van der Waals surface area contributed by atoms with E-state index in [0.717, 1.165) is 12.2 Å². The summed E-state index contributed by atoms with van der Waals surface area (Å²) < 4.78 is 10.3. The van der Waals surface area contributed by atoms with Crippen LogP contribution in [0.4, 0.5) is 0 Å². The normalized spacial score (nSPS) is 23.3. The average Bonchev–Trinajstić information content (AvgIpc) is 2.37. The molecular formula is C13H9NO4. The van der Waals surface area contributed by atoms with E-state index in [0.29, 0.717) is 12.2 Å². The lowest BCUT2D eigenvalue weighted by Crippen LogP contribution is -2.27. The summed E-state index contributed by atoms with van der Waals surface area (Å²) in [5.41, 5.74) is 0.700. The molecule has 0 bridgehead atoms. The molecule has 0 saturated carbocycles. The van der Waals surface area contributed by atoms with Crippen LogP contribution in [0.2, 0.25) is 0 Å². The minimum absolute atomic E-state index is 0.268. The number of ether oxygens (including phenoxy) is 2. The fourth-order valence-corrected chi connectivity index (χ4v) is 1.85. The van der Waals surface area contributed by atoms with Gasteiger partial charge in [-0.3, -0.25) is 0 Å². The van der Waals surface area contributed by atoms with Crippen LogP contribution in [0.1, 0.15) is 0 Å². The van der Waals surface area contributed by atoms with Gasteiger partial charge in [0, 0.05) is 24.9 Å². The highest BCUT2D eigenvalue weighted by molar-refractivity contribution is 5.93. The highest BCUT2D eigenvalue weighted by atomic mass is 16.6. The fraction of sp³-hybridized carbons (Fsp3) is 0.0769. The lowest BCUT2D eigenvalue weighted by molar-refractivity contribution is -0.140. The number of carbonyl (C=O) groups is 2. The molecule has 0 aromatic carbocycles.